The van der Waals surface area contributed by atoms with E-state index < -0.39 is 11.6 Å². The Hall–Kier alpha value is -2.75. The summed E-state index contributed by atoms with van der Waals surface area (Å²) in [7, 11) is 0. The van der Waals surface area contributed by atoms with E-state index in [2.05, 4.69) is 62.1 Å². The molecule has 3 aliphatic rings. The lowest BCUT2D eigenvalue weighted by atomic mass is 9.99. The van der Waals surface area contributed by atoms with Crippen LogP contribution in [-0.2, 0) is 39.6 Å². The lowest BCUT2D eigenvalue weighted by molar-refractivity contribution is -0.157. The van der Waals surface area contributed by atoms with Gasteiger partial charge in [-0.3, -0.25) is 0 Å². The highest BCUT2D eigenvalue weighted by Crippen LogP contribution is 2.38. The van der Waals surface area contributed by atoms with E-state index in [1.54, 1.807) is 18.3 Å². The van der Waals surface area contributed by atoms with Gasteiger partial charge >= 0.3 is 5.97 Å². The third-order valence-electron chi connectivity index (χ3n) is 8.29. The van der Waals surface area contributed by atoms with E-state index in [1.807, 2.05) is 27.7 Å². The van der Waals surface area contributed by atoms with Crippen molar-refractivity contribution in [2.24, 2.45) is 0 Å². The summed E-state index contributed by atoms with van der Waals surface area (Å²) in [6.45, 7) is 16.1. The van der Waals surface area contributed by atoms with Crippen LogP contribution in [0.4, 0.5) is 0 Å². The van der Waals surface area contributed by atoms with Gasteiger partial charge in [-0.05, 0) is 94.9 Å². The minimum atomic E-state index is -0.699. The normalized spacial score (nSPS) is 25.0. The third-order valence-corrected chi connectivity index (χ3v) is 9.44. The van der Waals surface area contributed by atoms with E-state index in [0.717, 1.165) is 18.6 Å². The number of hydrogen-bond donors (Lipinski definition) is 0. The number of thiophene rings is 1. The molecule has 2 aliphatic heterocycles. The van der Waals surface area contributed by atoms with Crippen LogP contribution < -0.4 is 9.75 Å². The van der Waals surface area contributed by atoms with Crippen LogP contribution in [-0.4, -0.2) is 55.2 Å². The smallest absolute Gasteiger partial charge is 0.333 e. The van der Waals surface area contributed by atoms with E-state index in [9.17, 15) is 4.79 Å². The molecule has 244 valence electrons. The zero-order valence-corrected chi connectivity index (χ0v) is 28.4. The van der Waals surface area contributed by atoms with E-state index in [-0.39, 0.29) is 30.4 Å². The first kappa shape index (κ1) is 33.6. The highest BCUT2D eigenvalue weighted by atomic mass is 32.1. The number of carbonyl (C=O) groups is 1. The molecule has 3 heterocycles. The summed E-state index contributed by atoms with van der Waals surface area (Å²) in [5.74, 6) is -0.879. The molecule has 5 rings (SSSR count). The molecule has 4 atom stereocenters. The summed E-state index contributed by atoms with van der Waals surface area (Å²) < 4.78 is 38.1. The molecule has 2 aromatic rings. The maximum atomic E-state index is 11.7. The average Bonchev–Trinajstić information content (AvgIpc) is 3.57. The maximum absolute atomic E-state index is 11.7. The van der Waals surface area contributed by atoms with Gasteiger partial charge in [-0.1, -0.05) is 43.8 Å². The van der Waals surface area contributed by atoms with Gasteiger partial charge in [0.25, 0.3) is 0 Å². The van der Waals surface area contributed by atoms with Crippen LogP contribution in [0.3, 0.4) is 0 Å². The van der Waals surface area contributed by atoms with E-state index in [4.69, 9.17) is 28.4 Å². The van der Waals surface area contributed by atoms with Gasteiger partial charge in [0.05, 0.1) is 37.6 Å². The van der Waals surface area contributed by atoms with Crippen molar-refractivity contribution in [1.82, 2.24) is 0 Å². The monoisotopic (exact) mass is 636 g/mol. The van der Waals surface area contributed by atoms with Gasteiger partial charge in [0, 0.05) is 27.8 Å². The Morgan fingerprint density at radius 2 is 1.58 bits per heavy atom. The number of aryl methyl sites for hydroxylation is 1. The standard InChI is InChI=1S/C37H48O7S/c1-8-25-14-16-26(17-15-25)33-21-27-11-9-12-28(22-34(27)45-33)39-20-18-30-32(44-37(6,7)42-30)23-31-29(41-36(4,5)43-31)13-10-19-40-35(38)24(2)3/h11-12,14-17,21-22,29-32H,2,8-10,13,18-20,23H2,1,3-7H3. The topological polar surface area (TPSA) is 72.5 Å². The summed E-state index contributed by atoms with van der Waals surface area (Å²) in [6.07, 6.45) is 10.5. The highest BCUT2D eigenvalue weighted by Gasteiger charge is 2.47. The predicted molar refractivity (Wildman–Crippen MR) is 178 cm³/mol. The molecule has 0 amide bonds. The first-order valence-corrected chi connectivity index (χ1v) is 17.0. The molecule has 0 N–H and O–H groups in total. The van der Waals surface area contributed by atoms with E-state index in [0.29, 0.717) is 44.5 Å². The lowest BCUT2D eigenvalue weighted by Gasteiger charge is -2.23. The summed E-state index contributed by atoms with van der Waals surface area (Å²) >= 11 is 1.80. The summed E-state index contributed by atoms with van der Waals surface area (Å²) in [4.78, 5) is 13.0. The zero-order valence-electron chi connectivity index (χ0n) is 27.6. The van der Waals surface area contributed by atoms with Gasteiger partial charge in [0.2, 0.25) is 0 Å². The molecule has 0 bridgehead atoms. The molecule has 2 fully saturated rings. The van der Waals surface area contributed by atoms with Crippen LogP contribution in [0.5, 0.6) is 0 Å². The Morgan fingerprint density at radius 1 is 0.933 bits per heavy atom. The third kappa shape index (κ3) is 8.95. The number of allylic oxidation sites excluding steroid dienone is 2. The van der Waals surface area contributed by atoms with Gasteiger partial charge in [-0.15, -0.1) is 11.3 Å². The van der Waals surface area contributed by atoms with Crippen LogP contribution in [0.25, 0.3) is 22.6 Å². The molecule has 8 heteroatoms. The first-order valence-electron chi connectivity index (χ1n) is 16.2. The summed E-state index contributed by atoms with van der Waals surface area (Å²) in [5.41, 5.74) is 3.00. The molecule has 0 radical (unpaired) electrons. The Balaban J connectivity index is 1.17. The Labute approximate surface area is 271 Å². The predicted octanol–water partition coefficient (Wildman–Crippen LogP) is 6.56. The second-order valence-electron chi connectivity index (χ2n) is 13.0. The molecule has 1 aromatic carbocycles. The van der Waals surface area contributed by atoms with Crippen molar-refractivity contribution in [3.05, 3.63) is 69.6 Å². The van der Waals surface area contributed by atoms with Crippen LogP contribution in [0.1, 0.15) is 79.2 Å². The minimum absolute atomic E-state index is 0.135. The number of fused-ring (bicyclic) bond motifs is 1. The first-order chi connectivity index (χ1) is 21.4. The lowest BCUT2D eigenvalue weighted by Crippen LogP contribution is -2.33. The van der Waals surface area contributed by atoms with Crippen LogP contribution in [0.2, 0.25) is 0 Å². The van der Waals surface area contributed by atoms with E-state index >= 15 is 0 Å². The Bertz CT molecular complexity index is 1500. The van der Waals surface area contributed by atoms with Crippen LogP contribution in [0.15, 0.2) is 54.3 Å². The molecule has 0 spiro atoms. The van der Waals surface area contributed by atoms with Crippen molar-refractivity contribution in [3.8, 4) is 10.4 Å². The largest absolute Gasteiger partial charge is 0.494 e. The van der Waals surface area contributed by atoms with Crippen molar-refractivity contribution in [3.63, 3.8) is 0 Å². The van der Waals surface area contributed by atoms with Crippen LogP contribution >= 0.6 is 11.3 Å². The Morgan fingerprint density at radius 3 is 2.22 bits per heavy atom. The second kappa shape index (κ2) is 14.3. The van der Waals surface area contributed by atoms with E-state index in [1.165, 1.54) is 25.8 Å². The molecule has 7 nitrogen and oxygen atoms in total. The van der Waals surface area contributed by atoms with Crippen molar-refractivity contribution >= 4 is 29.5 Å². The Kier molecular flexibility index (Phi) is 10.7. The number of rotatable bonds is 13. The number of ether oxygens (including phenoxy) is 6. The van der Waals surface area contributed by atoms with Gasteiger partial charge in [0.1, 0.15) is 5.76 Å². The molecule has 4 unspecified atom stereocenters. The van der Waals surface area contributed by atoms with Gasteiger partial charge < -0.3 is 28.4 Å². The fourth-order valence-corrected chi connectivity index (χ4v) is 7.24. The quantitative estimate of drug-likeness (QED) is 0.140. The highest BCUT2D eigenvalue weighted by molar-refractivity contribution is 7.13. The molecular weight excluding hydrogens is 588 g/mol. The fraction of sp³-hybridized carbons (Fsp3) is 0.541. The average molecular weight is 637 g/mol. The summed E-state index contributed by atoms with van der Waals surface area (Å²) in [5, 5.41) is 1.25. The summed E-state index contributed by atoms with van der Waals surface area (Å²) in [6, 6.07) is 11.1. The van der Waals surface area contributed by atoms with Crippen molar-refractivity contribution in [2.45, 2.75) is 116 Å². The second-order valence-corrected chi connectivity index (χ2v) is 14.1. The number of esters is 1. The number of hydrogen-bond acceptors (Lipinski definition) is 8. The minimum Gasteiger partial charge on any atom is -0.494 e. The molecule has 45 heavy (non-hydrogen) atoms. The van der Waals surface area contributed by atoms with Gasteiger partial charge in [0.15, 0.2) is 11.6 Å². The van der Waals surface area contributed by atoms with Crippen molar-refractivity contribution in [2.75, 3.05) is 13.2 Å². The maximum Gasteiger partial charge on any atom is 0.333 e. The molecule has 1 aliphatic carbocycles. The number of benzene rings is 1. The zero-order chi connectivity index (χ0) is 32.2. The molecule has 0 saturated carbocycles. The number of carbonyl (C=O) groups excluding carboxylic acids is 1. The van der Waals surface area contributed by atoms with Gasteiger partial charge in [-0.25, -0.2) is 4.79 Å². The van der Waals surface area contributed by atoms with Gasteiger partial charge in [-0.2, -0.15) is 0 Å². The van der Waals surface area contributed by atoms with Crippen molar-refractivity contribution < 1.29 is 33.2 Å². The molecular formula is C37H48O7S. The molecule has 2 saturated heterocycles. The fourth-order valence-electron chi connectivity index (χ4n) is 6.13. The van der Waals surface area contributed by atoms with Crippen LogP contribution in [0, 0.1) is 0 Å². The SMILES string of the molecule is C=C(C)C(=O)OCCCC1OC(C)(C)OC1CC1OC(C)(C)OC1CCOC1=CCC=c2cc(-c3ccc(CC)cc3)sc2=C1. The van der Waals surface area contributed by atoms with Crippen molar-refractivity contribution in [1.29, 1.82) is 0 Å². The molecule has 1 aromatic heterocycles.